The molecule has 35 heavy (non-hydrogen) atoms. The average Bonchev–Trinajstić information content (AvgIpc) is 2.78. The maximum atomic E-state index is 10.8. The minimum Gasteiger partial charge on any atom is -0.748 e. The third-order valence-electron chi connectivity index (χ3n) is 4.06. The molecule has 0 saturated carbocycles. The molecule has 0 aliphatic heterocycles. The van der Waals surface area contributed by atoms with Gasteiger partial charge in [0.05, 0.1) is 83.6 Å². The Labute approximate surface area is 209 Å². The first kappa shape index (κ1) is 39.0. The molecule has 0 aliphatic carbocycles. The van der Waals surface area contributed by atoms with Crippen molar-refractivity contribution in [3.8, 4) is 0 Å². The number of ether oxygens (including phenoxy) is 2. The molecule has 0 fully saturated rings. The fraction of sp³-hybridized carbons (Fsp3) is 1.00. The summed E-state index contributed by atoms with van der Waals surface area (Å²) in [5.41, 5.74) is 0. The van der Waals surface area contributed by atoms with Gasteiger partial charge in [-0.05, 0) is 25.8 Å². The molecule has 0 rings (SSSR count). The van der Waals surface area contributed by atoms with Gasteiger partial charge in [-0.2, -0.15) is 0 Å². The van der Waals surface area contributed by atoms with Crippen molar-refractivity contribution >= 4 is 20.2 Å². The van der Waals surface area contributed by atoms with Crippen LogP contribution in [0.4, 0.5) is 0 Å². The summed E-state index contributed by atoms with van der Waals surface area (Å²) in [5.74, 6) is -0.382. The summed E-state index contributed by atoms with van der Waals surface area (Å²) < 4.78 is 72.9. The van der Waals surface area contributed by atoms with Crippen molar-refractivity contribution in [3.05, 3.63) is 0 Å². The Bertz CT molecular complexity index is 637. The summed E-state index contributed by atoms with van der Waals surface area (Å²) in [4.78, 5) is 1.76. The zero-order valence-corrected chi connectivity index (χ0v) is 22.2. The van der Waals surface area contributed by atoms with Crippen molar-refractivity contribution in [1.29, 1.82) is 0 Å². The number of nitrogens with zero attached hydrogens (tertiary/aromatic N) is 1. The fourth-order valence-electron chi connectivity index (χ4n) is 2.13. The molecule has 0 aromatic carbocycles. The lowest BCUT2D eigenvalue weighted by Crippen LogP contribution is -2.32. The van der Waals surface area contributed by atoms with Gasteiger partial charge in [0.2, 0.25) is 0 Å². The second kappa shape index (κ2) is 25.2. The maximum absolute atomic E-state index is 10.8. The van der Waals surface area contributed by atoms with Crippen LogP contribution in [0.1, 0.15) is 33.1 Å². The van der Waals surface area contributed by atoms with Crippen molar-refractivity contribution in [3.63, 3.8) is 0 Å². The average molecular weight is 558 g/mol. The number of hydrogen-bond acceptors (Lipinski definition) is 14. The van der Waals surface area contributed by atoms with Gasteiger partial charge in [0, 0.05) is 19.7 Å². The number of aliphatic hydroxyl groups excluding tert-OH is 5. The van der Waals surface area contributed by atoms with Gasteiger partial charge in [0.25, 0.3) is 0 Å². The highest BCUT2D eigenvalue weighted by Crippen LogP contribution is 2.05. The molecule has 0 aromatic heterocycles. The molecule has 0 bridgehead atoms. The van der Waals surface area contributed by atoms with Gasteiger partial charge in [0.15, 0.2) is 0 Å². The lowest BCUT2D eigenvalue weighted by molar-refractivity contribution is 0.0694. The molecule has 216 valence electrons. The Balaban J connectivity index is -0.000000482. The largest absolute Gasteiger partial charge is 0.748 e. The van der Waals surface area contributed by atoms with E-state index >= 15 is 0 Å². The Morgan fingerprint density at radius 3 is 1.77 bits per heavy atom. The fourth-order valence-corrected chi connectivity index (χ4v) is 3.26. The zero-order valence-electron chi connectivity index (χ0n) is 20.5. The predicted molar refractivity (Wildman–Crippen MR) is 126 cm³/mol. The molecule has 0 amide bonds. The zero-order chi connectivity index (χ0) is 27.8. The summed E-state index contributed by atoms with van der Waals surface area (Å²) in [5, 5.41) is 40.8. The monoisotopic (exact) mass is 557 g/mol. The summed E-state index contributed by atoms with van der Waals surface area (Å²) in [6, 6.07) is 0. The number of aliphatic hydroxyl groups is 5. The lowest BCUT2D eigenvalue weighted by Gasteiger charge is -2.20. The predicted octanol–water partition coefficient (Wildman–Crippen LogP) is -2.71. The van der Waals surface area contributed by atoms with Crippen LogP contribution >= 0.6 is 0 Å². The van der Waals surface area contributed by atoms with Gasteiger partial charge in [-0.25, -0.2) is 16.8 Å². The van der Waals surface area contributed by atoms with Crippen LogP contribution in [0.5, 0.6) is 0 Å². The summed E-state index contributed by atoms with van der Waals surface area (Å²) in [7, 11) is -8.56. The first-order chi connectivity index (χ1) is 16.3. The Morgan fingerprint density at radius 1 is 0.829 bits per heavy atom. The van der Waals surface area contributed by atoms with Gasteiger partial charge >= 0.3 is 0 Å². The molecule has 0 spiro atoms. The van der Waals surface area contributed by atoms with Crippen molar-refractivity contribution in [2.24, 2.45) is 0 Å². The van der Waals surface area contributed by atoms with Crippen LogP contribution < -0.4 is 0 Å². The molecular weight excluding hydrogens is 514 g/mol. The van der Waals surface area contributed by atoms with Crippen LogP contribution in [0, 0.1) is 0 Å². The molecule has 2 atom stereocenters. The summed E-state index contributed by atoms with van der Waals surface area (Å²) in [6.45, 7) is 4.49. The molecule has 5 N–H and O–H groups in total. The minimum absolute atomic E-state index is 0.0104. The van der Waals surface area contributed by atoms with Crippen molar-refractivity contribution in [1.82, 2.24) is 4.90 Å². The van der Waals surface area contributed by atoms with E-state index in [4.69, 9.17) is 35.0 Å². The van der Waals surface area contributed by atoms with E-state index in [9.17, 15) is 25.9 Å². The quantitative estimate of drug-likeness (QED) is 0.0802. The van der Waals surface area contributed by atoms with Gasteiger partial charge < -0.3 is 49.0 Å². The van der Waals surface area contributed by atoms with Gasteiger partial charge in [-0.15, -0.1) is 0 Å². The molecular formula is C19H43NO13S2-2. The Morgan fingerprint density at radius 2 is 1.40 bits per heavy atom. The molecule has 0 aromatic rings. The van der Waals surface area contributed by atoms with E-state index in [0.717, 1.165) is 6.42 Å². The maximum Gasteiger partial charge on any atom is 0.0999 e. The van der Waals surface area contributed by atoms with E-state index in [2.05, 4.69) is 0 Å². The van der Waals surface area contributed by atoms with Crippen molar-refractivity contribution < 1.29 is 60.9 Å². The summed E-state index contributed by atoms with van der Waals surface area (Å²) in [6.07, 6.45) is 1.01. The first-order valence-corrected chi connectivity index (χ1v) is 14.2. The van der Waals surface area contributed by atoms with E-state index in [1.54, 1.807) is 4.90 Å². The van der Waals surface area contributed by atoms with Crippen LogP contribution in [0.2, 0.25) is 0 Å². The van der Waals surface area contributed by atoms with Crippen LogP contribution in [0.3, 0.4) is 0 Å². The number of hydrogen-bond donors (Lipinski definition) is 5. The van der Waals surface area contributed by atoms with E-state index in [1.165, 1.54) is 0 Å². The van der Waals surface area contributed by atoms with E-state index in [0.29, 0.717) is 19.5 Å². The van der Waals surface area contributed by atoms with Gasteiger partial charge in [0.1, 0.15) is 0 Å². The second-order valence-corrected chi connectivity index (χ2v) is 10.3. The molecule has 0 radical (unpaired) electrons. The Kier molecular flexibility index (Phi) is 28.1. The molecule has 14 nitrogen and oxygen atoms in total. The smallest absolute Gasteiger partial charge is 0.0999 e. The topological polar surface area (TPSA) is 237 Å². The van der Waals surface area contributed by atoms with Crippen molar-refractivity contribution in [2.45, 2.75) is 44.5 Å². The van der Waals surface area contributed by atoms with Crippen molar-refractivity contribution in [2.75, 3.05) is 78.2 Å². The van der Waals surface area contributed by atoms with Crippen LogP contribution in [0.15, 0.2) is 0 Å². The molecule has 0 saturated heterocycles. The summed E-state index contributed by atoms with van der Waals surface area (Å²) >= 11 is 0. The molecule has 16 heteroatoms. The minimum atomic E-state index is -4.43. The van der Waals surface area contributed by atoms with E-state index < -0.39 is 31.6 Å². The normalized spacial score (nSPS) is 13.4. The van der Waals surface area contributed by atoms with Crippen LogP contribution in [-0.4, -0.2) is 146 Å². The molecule has 0 aliphatic rings. The highest BCUT2D eigenvalue weighted by molar-refractivity contribution is 7.86. The lowest BCUT2D eigenvalue weighted by atomic mass is 10.3. The van der Waals surface area contributed by atoms with Gasteiger partial charge in [-0.1, -0.05) is 13.8 Å². The second-order valence-electron chi connectivity index (χ2n) is 7.11. The van der Waals surface area contributed by atoms with Crippen LogP contribution in [0.25, 0.3) is 0 Å². The van der Waals surface area contributed by atoms with Gasteiger partial charge in [-0.3, -0.25) is 0 Å². The molecule has 2 unspecified atom stereocenters. The Hall–Kier alpha value is -0.500. The third-order valence-corrected chi connectivity index (χ3v) is 5.93. The standard InChI is InChI=1S/C8H18O7S.C7H17NO4S.C4H10O2/c9-2-5-14-4-1-8(16(11,12)13)7-15-6-3-10;1-2-3-8(4-6-9)5-7-13(10,11)12;1-2-4(6)3-5/h8-10H,1-7H2,(H,11,12,13);9H,2-7H2,1H3,(H,10,11,12);4-6H,2-3H2,1H3/p-2. The third kappa shape index (κ3) is 31.5. The highest BCUT2D eigenvalue weighted by atomic mass is 32.2. The van der Waals surface area contributed by atoms with Crippen LogP contribution in [-0.2, 0) is 29.7 Å². The first-order valence-electron chi connectivity index (χ1n) is 11.2. The van der Waals surface area contributed by atoms with E-state index in [-0.39, 0.29) is 71.6 Å². The SMILES string of the molecule is CCC(O)CO.CCCN(CCO)CCS(=O)(=O)[O-].O=S(=O)([O-])C(CCOCCO)COCCO. The number of rotatable bonds is 19. The molecule has 0 heterocycles. The highest BCUT2D eigenvalue weighted by Gasteiger charge is 2.16. The van der Waals surface area contributed by atoms with E-state index in [1.807, 2.05) is 13.8 Å².